The number of rotatable bonds is 7. The molecular formula is C22H25N3O6S. The maximum absolute atomic E-state index is 13.0. The van der Waals surface area contributed by atoms with Crippen molar-refractivity contribution in [2.24, 2.45) is 0 Å². The predicted octanol–water partition coefficient (Wildman–Crippen LogP) is 1.74. The Hall–Kier alpha value is -3.40. The molecule has 4 amide bonds. The molecule has 1 heterocycles. The second kappa shape index (κ2) is 8.62. The van der Waals surface area contributed by atoms with Gasteiger partial charge in [-0.3, -0.25) is 14.5 Å². The Morgan fingerprint density at radius 2 is 1.78 bits per heavy atom. The number of para-hydroxylation sites is 1. The Kier molecular flexibility index (Phi) is 6.27. The van der Waals surface area contributed by atoms with Crippen LogP contribution in [0.1, 0.15) is 31.0 Å². The van der Waals surface area contributed by atoms with Gasteiger partial charge in [0.1, 0.15) is 17.8 Å². The van der Waals surface area contributed by atoms with E-state index in [1.54, 1.807) is 13.0 Å². The molecule has 0 spiro atoms. The molecule has 1 fully saturated rings. The molecule has 0 aliphatic carbocycles. The van der Waals surface area contributed by atoms with Crippen molar-refractivity contribution >= 4 is 27.7 Å². The number of carbonyl (C=O) groups excluding carboxylic acids is 3. The highest BCUT2D eigenvalue weighted by Crippen LogP contribution is 2.30. The topological polar surface area (TPSA) is 122 Å². The first-order chi connectivity index (χ1) is 15.0. The van der Waals surface area contributed by atoms with E-state index in [1.165, 1.54) is 38.3 Å². The Morgan fingerprint density at radius 1 is 1.16 bits per heavy atom. The van der Waals surface area contributed by atoms with Gasteiger partial charge in [-0.25, -0.2) is 13.2 Å². The average molecular weight is 460 g/mol. The highest BCUT2D eigenvalue weighted by molar-refractivity contribution is 7.90. The van der Waals surface area contributed by atoms with E-state index in [0.717, 1.165) is 16.7 Å². The van der Waals surface area contributed by atoms with E-state index < -0.39 is 45.8 Å². The number of nitrogens with zero attached hydrogens (tertiary/aromatic N) is 1. The fourth-order valence-electron chi connectivity index (χ4n) is 3.60. The number of ether oxygens (including phenoxy) is 1. The van der Waals surface area contributed by atoms with Gasteiger partial charge in [-0.15, -0.1) is 0 Å². The standard InChI is InChI=1S/C22H25N3O6S/c1-14(17-7-5-6-8-18(17)31-3)23-19(26)13-25-20(27)22(2,24-21(25)28)15-9-11-16(12-10-15)32(4,29)30/h5-12,14H,13H2,1-4H3,(H,23,26)(H,24,28). The molecule has 2 aromatic rings. The molecule has 1 saturated heterocycles. The van der Waals surface area contributed by atoms with Crippen LogP contribution in [0.5, 0.6) is 5.75 Å². The molecule has 1 aliphatic heterocycles. The van der Waals surface area contributed by atoms with Crippen molar-refractivity contribution in [2.75, 3.05) is 19.9 Å². The fraction of sp³-hybridized carbons (Fsp3) is 0.318. The van der Waals surface area contributed by atoms with Crippen molar-refractivity contribution in [3.63, 3.8) is 0 Å². The van der Waals surface area contributed by atoms with Crippen LogP contribution in [0.3, 0.4) is 0 Å². The highest BCUT2D eigenvalue weighted by atomic mass is 32.2. The van der Waals surface area contributed by atoms with Crippen molar-refractivity contribution in [2.45, 2.75) is 30.3 Å². The van der Waals surface area contributed by atoms with Crippen LogP contribution >= 0.6 is 0 Å². The van der Waals surface area contributed by atoms with Crippen molar-refractivity contribution < 1.29 is 27.5 Å². The van der Waals surface area contributed by atoms with E-state index in [2.05, 4.69) is 10.6 Å². The number of benzene rings is 2. The SMILES string of the molecule is COc1ccccc1C(C)NC(=O)CN1C(=O)NC(C)(c2ccc(S(C)(=O)=O)cc2)C1=O. The molecule has 10 heteroatoms. The maximum Gasteiger partial charge on any atom is 0.325 e. The van der Waals surface area contributed by atoms with Gasteiger partial charge in [0, 0.05) is 11.8 Å². The van der Waals surface area contributed by atoms with Crippen LogP contribution in [0.15, 0.2) is 53.4 Å². The molecule has 170 valence electrons. The molecule has 2 atom stereocenters. The maximum atomic E-state index is 13.0. The Balaban J connectivity index is 1.73. The molecule has 1 aliphatic rings. The molecule has 3 rings (SSSR count). The normalized spacial score (nSPS) is 19.4. The highest BCUT2D eigenvalue weighted by Gasteiger charge is 2.49. The van der Waals surface area contributed by atoms with Crippen molar-refractivity contribution in [3.8, 4) is 5.75 Å². The summed E-state index contributed by atoms with van der Waals surface area (Å²) in [6.45, 7) is 2.83. The largest absolute Gasteiger partial charge is 0.496 e. The van der Waals surface area contributed by atoms with Gasteiger partial charge in [0.25, 0.3) is 5.91 Å². The van der Waals surface area contributed by atoms with Crippen molar-refractivity contribution in [1.82, 2.24) is 15.5 Å². The third-order valence-corrected chi connectivity index (χ3v) is 6.55. The number of carbonyl (C=O) groups is 3. The minimum Gasteiger partial charge on any atom is -0.496 e. The minimum atomic E-state index is -3.40. The lowest BCUT2D eigenvalue weighted by Gasteiger charge is -2.23. The van der Waals surface area contributed by atoms with Gasteiger partial charge >= 0.3 is 6.03 Å². The first-order valence-electron chi connectivity index (χ1n) is 9.84. The quantitative estimate of drug-likeness (QED) is 0.609. The fourth-order valence-corrected chi connectivity index (χ4v) is 4.23. The van der Waals surface area contributed by atoms with Crippen LogP contribution in [0.4, 0.5) is 4.79 Å². The summed E-state index contributed by atoms with van der Waals surface area (Å²) < 4.78 is 28.6. The van der Waals surface area contributed by atoms with E-state index in [0.29, 0.717) is 11.3 Å². The molecule has 0 bridgehead atoms. The lowest BCUT2D eigenvalue weighted by atomic mass is 9.92. The Bertz CT molecular complexity index is 1160. The number of hydrogen-bond donors (Lipinski definition) is 2. The third kappa shape index (κ3) is 4.45. The summed E-state index contributed by atoms with van der Waals surface area (Å²) in [5.74, 6) is -0.501. The molecule has 0 aromatic heterocycles. The molecule has 2 N–H and O–H groups in total. The number of amides is 4. The second-order valence-electron chi connectivity index (χ2n) is 7.77. The van der Waals surface area contributed by atoms with Crippen LogP contribution in [-0.4, -0.2) is 51.1 Å². The van der Waals surface area contributed by atoms with Crippen LogP contribution < -0.4 is 15.4 Å². The first kappa shape index (κ1) is 23.3. The molecule has 0 saturated carbocycles. The van der Waals surface area contributed by atoms with E-state index >= 15 is 0 Å². The predicted molar refractivity (Wildman–Crippen MR) is 117 cm³/mol. The molecule has 2 unspecified atom stereocenters. The molecule has 0 radical (unpaired) electrons. The summed E-state index contributed by atoms with van der Waals surface area (Å²) in [6, 6.07) is 11.8. The molecular weight excluding hydrogens is 434 g/mol. The first-order valence-corrected chi connectivity index (χ1v) is 11.7. The zero-order valence-corrected chi connectivity index (χ0v) is 19.0. The van der Waals surface area contributed by atoms with Crippen LogP contribution in [-0.2, 0) is 25.0 Å². The molecule has 2 aromatic carbocycles. The second-order valence-corrected chi connectivity index (χ2v) is 9.79. The van der Waals surface area contributed by atoms with Crippen molar-refractivity contribution in [3.05, 3.63) is 59.7 Å². The summed E-state index contributed by atoms with van der Waals surface area (Å²) in [7, 11) is -1.87. The lowest BCUT2D eigenvalue weighted by Crippen LogP contribution is -2.43. The Morgan fingerprint density at radius 3 is 2.38 bits per heavy atom. The van der Waals surface area contributed by atoms with E-state index in [4.69, 9.17) is 4.74 Å². The van der Waals surface area contributed by atoms with Gasteiger partial charge in [0.15, 0.2) is 9.84 Å². The van der Waals surface area contributed by atoms with Gasteiger partial charge in [-0.2, -0.15) is 0 Å². The summed E-state index contributed by atoms with van der Waals surface area (Å²) in [5.41, 5.74) is -0.244. The lowest BCUT2D eigenvalue weighted by molar-refractivity contribution is -0.135. The van der Waals surface area contributed by atoms with Crippen LogP contribution in [0, 0.1) is 0 Å². The van der Waals surface area contributed by atoms with Crippen LogP contribution in [0.2, 0.25) is 0 Å². The number of hydrogen-bond acceptors (Lipinski definition) is 6. The van der Waals surface area contributed by atoms with Crippen LogP contribution in [0.25, 0.3) is 0 Å². The number of sulfone groups is 1. The summed E-state index contributed by atoms with van der Waals surface area (Å²) in [6.07, 6.45) is 1.08. The smallest absolute Gasteiger partial charge is 0.325 e. The molecule has 32 heavy (non-hydrogen) atoms. The number of methoxy groups -OCH3 is 1. The minimum absolute atomic E-state index is 0.100. The van der Waals surface area contributed by atoms with E-state index in [-0.39, 0.29) is 4.90 Å². The number of urea groups is 1. The zero-order valence-electron chi connectivity index (χ0n) is 18.2. The summed E-state index contributed by atoms with van der Waals surface area (Å²) in [4.78, 5) is 39.1. The zero-order chi connectivity index (χ0) is 23.7. The number of imide groups is 1. The van der Waals surface area contributed by atoms with Gasteiger partial charge in [-0.1, -0.05) is 30.3 Å². The third-order valence-electron chi connectivity index (χ3n) is 5.42. The van der Waals surface area contributed by atoms with Crippen molar-refractivity contribution in [1.29, 1.82) is 0 Å². The van der Waals surface area contributed by atoms with E-state index in [9.17, 15) is 22.8 Å². The summed E-state index contributed by atoms with van der Waals surface area (Å²) >= 11 is 0. The average Bonchev–Trinajstić information content (AvgIpc) is 2.97. The Labute approximate surface area is 186 Å². The van der Waals surface area contributed by atoms with Gasteiger partial charge in [0.2, 0.25) is 5.91 Å². The van der Waals surface area contributed by atoms with Gasteiger partial charge < -0.3 is 15.4 Å². The number of nitrogens with one attached hydrogen (secondary N) is 2. The van der Waals surface area contributed by atoms with Gasteiger partial charge in [0.05, 0.1) is 18.0 Å². The van der Waals surface area contributed by atoms with E-state index in [1.807, 2.05) is 18.2 Å². The monoisotopic (exact) mass is 459 g/mol. The molecule has 9 nitrogen and oxygen atoms in total. The summed E-state index contributed by atoms with van der Waals surface area (Å²) in [5, 5.41) is 5.37. The van der Waals surface area contributed by atoms with Gasteiger partial charge in [-0.05, 0) is 37.6 Å².